The molecule has 3 aromatic heterocycles. The lowest BCUT2D eigenvalue weighted by molar-refractivity contribution is 0.0951. The zero-order valence-corrected chi connectivity index (χ0v) is 15.9. The quantitative estimate of drug-likeness (QED) is 0.486. The number of nitrogens with one attached hydrogen (secondary N) is 1. The number of para-hydroxylation sites is 2. The number of pyridine rings is 1. The van der Waals surface area contributed by atoms with Crippen molar-refractivity contribution < 1.29 is 9.21 Å². The van der Waals surface area contributed by atoms with Crippen LogP contribution in [0.4, 0.5) is 0 Å². The second kappa shape index (κ2) is 7.63. The number of carbonyl (C=O) groups is 1. The Morgan fingerprint density at radius 2 is 1.80 bits per heavy atom. The zero-order chi connectivity index (χ0) is 20.3. The highest BCUT2D eigenvalue weighted by atomic mass is 16.3. The van der Waals surface area contributed by atoms with Crippen molar-refractivity contribution in [3.63, 3.8) is 0 Å². The Morgan fingerprint density at radius 3 is 2.60 bits per heavy atom. The monoisotopic (exact) mass is 395 g/mol. The summed E-state index contributed by atoms with van der Waals surface area (Å²) in [7, 11) is 0. The highest BCUT2D eigenvalue weighted by Crippen LogP contribution is 2.24. The van der Waals surface area contributed by atoms with Crippen molar-refractivity contribution >= 4 is 17.0 Å². The average Bonchev–Trinajstić information content (AvgIpc) is 3.45. The molecule has 0 bridgehead atoms. The summed E-state index contributed by atoms with van der Waals surface area (Å²) in [6.07, 6.45) is 6.97. The van der Waals surface area contributed by atoms with E-state index in [1.165, 1.54) is 0 Å². The lowest BCUT2D eigenvalue weighted by atomic mass is 10.2. The maximum absolute atomic E-state index is 12.4. The highest BCUT2D eigenvalue weighted by Gasteiger charge is 2.11. The Hall–Kier alpha value is -4.26. The fourth-order valence-corrected chi connectivity index (χ4v) is 3.12. The number of carbonyl (C=O) groups excluding carboxylic acids is 1. The van der Waals surface area contributed by atoms with Gasteiger partial charge in [0, 0.05) is 30.7 Å². The first-order valence-electron chi connectivity index (χ1n) is 9.44. The van der Waals surface area contributed by atoms with E-state index in [1.807, 2.05) is 54.7 Å². The SMILES string of the molecule is O=C(NCc1ccncc1)c1ccc(-n2cc(-c3nc4ccccc4o3)cn2)cc1. The fraction of sp³-hybridized carbons (Fsp3) is 0.0435. The van der Waals surface area contributed by atoms with Crippen molar-refractivity contribution in [2.24, 2.45) is 0 Å². The van der Waals surface area contributed by atoms with E-state index < -0.39 is 0 Å². The standard InChI is InChI=1S/C23H17N5O2/c29-22(25-13-16-9-11-24-12-10-16)17-5-7-19(8-6-17)28-15-18(14-26-28)23-27-20-3-1-2-4-21(20)30-23/h1-12,14-15H,13H2,(H,25,29). The summed E-state index contributed by atoms with van der Waals surface area (Å²) in [5.74, 6) is 0.389. The molecule has 0 unspecified atom stereocenters. The Kier molecular flexibility index (Phi) is 4.53. The van der Waals surface area contributed by atoms with Crippen molar-refractivity contribution in [1.82, 2.24) is 25.1 Å². The molecule has 0 aliphatic carbocycles. The summed E-state index contributed by atoms with van der Waals surface area (Å²) in [5, 5.41) is 7.30. The topological polar surface area (TPSA) is 85.8 Å². The lowest BCUT2D eigenvalue weighted by Crippen LogP contribution is -2.22. The largest absolute Gasteiger partial charge is 0.436 e. The summed E-state index contributed by atoms with van der Waals surface area (Å²) in [5.41, 5.74) is 4.75. The minimum absolute atomic E-state index is 0.133. The van der Waals surface area contributed by atoms with Crippen molar-refractivity contribution in [1.29, 1.82) is 0 Å². The van der Waals surface area contributed by atoms with Gasteiger partial charge < -0.3 is 9.73 Å². The van der Waals surface area contributed by atoms with Gasteiger partial charge in [0.2, 0.25) is 5.89 Å². The molecule has 5 aromatic rings. The average molecular weight is 395 g/mol. The van der Waals surface area contributed by atoms with E-state index >= 15 is 0 Å². The molecule has 146 valence electrons. The molecule has 0 atom stereocenters. The predicted octanol–water partition coefficient (Wildman–Crippen LogP) is 4.01. The highest BCUT2D eigenvalue weighted by molar-refractivity contribution is 5.94. The third-order valence-electron chi connectivity index (χ3n) is 4.72. The first-order valence-corrected chi connectivity index (χ1v) is 9.44. The van der Waals surface area contributed by atoms with Gasteiger partial charge in [-0.3, -0.25) is 9.78 Å². The Morgan fingerprint density at radius 1 is 1.00 bits per heavy atom. The molecule has 3 heterocycles. The van der Waals surface area contributed by atoms with Crippen LogP contribution in [0, 0.1) is 0 Å². The number of benzene rings is 2. The summed E-state index contributed by atoms with van der Waals surface area (Å²) < 4.78 is 7.52. The maximum atomic E-state index is 12.4. The van der Waals surface area contributed by atoms with Gasteiger partial charge in [0.1, 0.15) is 5.52 Å². The molecule has 5 rings (SSSR count). The van der Waals surface area contributed by atoms with Gasteiger partial charge >= 0.3 is 0 Å². The molecule has 30 heavy (non-hydrogen) atoms. The van der Waals surface area contributed by atoms with Crippen LogP contribution >= 0.6 is 0 Å². The molecule has 0 saturated heterocycles. The van der Waals surface area contributed by atoms with Gasteiger partial charge in [-0.05, 0) is 54.1 Å². The van der Waals surface area contributed by atoms with Crippen LogP contribution in [0.15, 0.2) is 89.9 Å². The van der Waals surface area contributed by atoms with E-state index in [-0.39, 0.29) is 5.91 Å². The van der Waals surface area contributed by atoms with Crippen LogP contribution in [-0.2, 0) is 6.54 Å². The van der Waals surface area contributed by atoms with Crippen molar-refractivity contribution in [3.8, 4) is 17.1 Å². The third kappa shape index (κ3) is 3.56. The molecule has 0 radical (unpaired) electrons. The number of rotatable bonds is 5. The first kappa shape index (κ1) is 17.8. The normalized spacial score (nSPS) is 10.9. The van der Waals surface area contributed by atoms with Gasteiger partial charge in [-0.2, -0.15) is 5.10 Å². The molecule has 1 amide bonds. The molecule has 0 spiro atoms. The predicted molar refractivity (Wildman–Crippen MR) is 112 cm³/mol. The van der Waals surface area contributed by atoms with Crippen molar-refractivity contribution in [2.75, 3.05) is 0 Å². The number of fused-ring (bicyclic) bond motifs is 1. The number of hydrogen-bond acceptors (Lipinski definition) is 5. The molecule has 7 heteroatoms. The second-order valence-electron chi connectivity index (χ2n) is 6.75. The summed E-state index contributed by atoms with van der Waals surface area (Å²) in [4.78, 5) is 20.8. The number of nitrogens with zero attached hydrogens (tertiary/aromatic N) is 4. The Bertz CT molecular complexity index is 1270. The second-order valence-corrected chi connectivity index (χ2v) is 6.75. The number of aromatic nitrogens is 4. The van der Waals surface area contributed by atoms with Crippen LogP contribution < -0.4 is 5.32 Å². The minimum atomic E-state index is -0.133. The summed E-state index contributed by atoms with van der Waals surface area (Å²) >= 11 is 0. The maximum Gasteiger partial charge on any atom is 0.251 e. The summed E-state index contributed by atoms with van der Waals surface area (Å²) in [6.45, 7) is 0.454. The molecule has 2 aromatic carbocycles. The first-order chi connectivity index (χ1) is 14.8. The molecular formula is C23H17N5O2. The molecule has 0 aliphatic heterocycles. The van der Waals surface area contributed by atoms with E-state index in [1.54, 1.807) is 35.4 Å². The molecule has 7 nitrogen and oxygen atoms in total. The van der Waals surface area contributed by atoms with E-state index in [2.05, 4.69) is 20.4 Å². The number of hydrogen-bond donors (Lipinski definition) is 1. The summed E-state index contributed by atoms with van der Waals surface area (Å²) in [6, 6.07) is 18.6. The minimum Gasteiger partial charge on any atom is -0.436 e. The molecule has 0 aliphatic rings. The Balaban J connectivity index is 1.30. The van der Waals surface area contributed by atoms with Crippen LogP contribution in [0.25, 0.3) is 28.2 Å². The molecule has 1 N–H and O–H groups in total. The van der Waals surface area contributed by atoms with E-state index in [4.69, 9.17) is 4.42 Å². The van der Waals surface area contributed by atoms with Crippen LogP contribution in [0.2, 0.25) is 0 Å². The smallest absolute Gasteiger partial charge is 0.251 e. The van der Waals surface area contributed by atoms with Gasteiger partial charge in [-0.25, -0.2) is 9.67 Å². The van der Waals surface area contributed by atoms with Gasteiger partial charge in [-0.15, -0.1) is 0 Å². The Labute approximate surface area is 172 Å². The van der Waals surface area contributed by atoms with Gasteiger partial charge in [-0.1, -0.05) is 12.1 Å². The molecule has 0 fully saturated rings. The third-order valence-corrected chi connectivity index (χ3v) is 4.72. The van der Waals surface area contributed by atoms with E-state index in [0.717, 1.165) is 27.9 Å². The van der Waals surface area contributed by atoms with Crippen molar-refractivity contribution in [3.05, 3.63) is 96.6 Å². The molecular weight excluding hydrogens is 378 g/mol. The van der Waals surface area contributed by atoms with Crippen LogP contribution in [-0.4, -0.2) is 25.7 Å². The van der Waals surface area contributed by atoms with Gasteiger partial charge in [0.05, 0.1) is 17.4 Å². The zero-order valence-electron chi connectivity index (χ0n) is 15.9. The van der Waals surface area contributed by atoms with Gasteiger partial charge in [0.15, 0.2) is 5.58 Å². The lowest BCUT2D eigenvalue weighted by Gasteiger charge is -2.06. The number of amides is 1. The van der Waals surface area contributed by atoms with Gasteiger partial charge in [0.25, 0.3) is 5.91 Å². The van der Waals surface area contributed by atoms with Crippen LogP contribution in [0.1, 0.15) is 15.9 Å². The number of oxazole rings is 1. The van der Waals surface area contributed by atoms with Crippen LogP contribution in [0.5, 0.6) is 0 Å². The van der Waals surface area contributed by atoms with E-state index in [0.29, 0.717) is 18.0 Å². The van der Waals surface area contributed by atoms with Crippen LogP contribution in [0.3, 0.4) is 0 Å². The van der Waals surface area contributed by atoms with E-state index in [9.17, 15) is 4.79 Å². The molecule has 0 saturated carbocycles. The fourth-order valence-electron chi connectivity index (χ4n) is 3.12. The van der Waals surface area contributed by atoms with Crippen molar-refractivity contribution in [2.45, 2.75) is 6.54 Å².